The fourth-order valence-corrected chi connectivity index (χ4v) is 3.93. The smallest absolute Gasteiger partial charge is 0.224 e. The third kappa shape index (κ3) is 4.47. The Hall–Kier alpha value is -4.20. The highest BCUT2D eigenvalue weighted by Crippen LogP contribution is 2.45. The van der Waals surface area contributed by atoms with E-state index in [-0.39, 0.29) is 18.1 Å². The number of nitrogens with one attached hydrogen (secondary N) is 1. The summed E-state index contributed by atoms with van der Waals surface area (Å²) in [5.74, 6) is 1.69. The number of hydrogen-bond acceptors (Lipinski definition) is 7. The van der Waals surface area contributed by atoms with Gasteiger partial charge in [0.25, 0.3) is 0 Å². The molecule has 8 heteroatoms. The molecule has 0 radical (unpaired) electrons. The Morgan fingerprint density at radius 3 is 2.50 bits per heavy atom. The monoisotopic (exact) mass is 462 g/mol. The zero-order chi connectivity index (χ0) is 24.2. The van der Waals surface area contributed by atoms with E-state index in [2.05, 4.69) is 10.3 Å². The van der Waals surface area contributed by atoms with Gasteiger partial charge in [-0.3, -0.25) is 9.78 Å². The number of nitrogens with zero attached hydrogens (tertiary/aromatic N) is 1. The first kappa shape index (κ1) is 23.0. The van der Waals surface area contributed by atoms with E-state index < -0.39 is 0 Å². The van der Waals surface area contributed by atoms with Gasteiger partial charge in [0.2, 0.25) is 11.7 Å². The average Bonchev–Trinajstić information content (AvgIpc) is 3.46. The molecule has 1 aliphatic carbocycles. The Balaban J connectivity index is 1.72. The first-order chi connectivity index (χ1) is 16.4. The molecular formula is C26H26N2O6. The van der Waals surface area contributed by atoms with Crippen LogP contribution in [-0.4, -0.2) is 37.3 Å². The van der Waals surface area contributed by atoms with E-state index in [1.807, 2.05) is 25.1 Å². The Morgan fingerprint density at radius 2 is 1.88 bits per heavy atom. The molecule has 1 amide bonds. The molecule has 0 saturated heterocycles. The number of pyridine rings is 1. The number of hydrogen-bond donors (Lipinski definition) is 2. The largest absolute Gasteiger partial charge is 0.502 e. The third-order valence-corrected chi connectivity index (χ3v) is 5.73. The lowest BCUT2D eigenvalue weighted by Gasteiger charge is -2.10. The van der Waals surface area contributed by atoms with Crippen molar-refractivity contribution in [3.8, 4) is 23.0 Å². The quantitative estimate of drug-likeness (QED) is 0.510. The van der Waals surface area contributed by atoms with E-state index in [0.717, 1.165) is 33.5 Å². The van der Waals surface area contributed by atoms with E-state index in [4.69, 9.17) is 18.6 Å². The van der Waals surface area contributed by atoms with Crippen molar-refractivity contribution >= 4 is 23.1 Å². The van der Waals surface area contributed by atoms with Gasteiger partial charge in [-0.1, -0.05) is 0 Å². The van der Waals surface area contributed by atoms with Gasteiger partial charge in [0.05, 0.1) is 52.4 Å². The molecule has 2 N–H and O–H groups in total. The summed E-state index contributed by atoms with van der Waals surface area (Å²) in [5.41, 5.74) is 5.00. The highest BCUT2D eigenvalue weighted by Gasteiger charge is 2.27. The number of aromatic hydroxyl groups is 1. The van der Waals surface area contributed by atoms with Gasteiger partial charge in [0, 0.05) is 11.1 Å². The molecule has 1 aromatic carbocycles. The molecule has 0 unspecified atom stereocenters. The van der Waals surface area contributed by atoms with Crippen LogP contribution in [0.4, 0.5) is 0 Å². The minimum Gasteiger partial charge on any atom is -0.502 e. The first-order valence-corrected chi connectivity index (χ1v) is 10.7. The van der Waals surface area contributed by atoms with Gasteiger partial charge in [-0.15, -0.1) is 0 Å². The minimum atomic E-state index is -0.131. The van der Waals surface area contributed by atoms with Gasteiger partial charge in [-0.05, 0) is 60.0 Å². The molecule has 0 aliphatic heterocycles. The number of amides is 1. The highest BCUT2D eigenvalue weighted by molar-refractivity contribution is 6.07. The SMILES string of the molecule is COc1cnc2c(c1)C(CC(=O)NCc1ccco1)=C(C)C2=Cc1cc(OC)c(O)c(OC)c1. The molecule has 0 fully saturated rings. The maximum Gasteiger partial charge on any atom is 0.224 e. The zero-order valence-corrected chi connectivity index (χ0v) is 19.5. The number of phenolic OH excluding ortho intramolecular Hbond substituents is 1. The Labute approximate surface area is 197 Å². The molecule has 8 nitrogen and oxygen atoms in total. The third-order valence-electron chi connectivity index (χ3n) is 5.73. The molecule has 3 aromatic rings. The van der Waals surface area contributed by atoms with Gasteiger partial charge in [0.1, 0.15) is 11.5 Å². The number of fused-ring (bicyclic) bond motifs is 1. The summed E-state index contributed by atoms with van der Waals surface area (Å²) in [6.07, 6.45) is 5.33. The number of rotatable bonds is 8. The van der Waals surface area contributed by atoms with Gasteiger partial charge >= 0.3 is 0 Å². The summed E-state index contributed by atoms with van der Waals surface area (Å²) in [6, 6.07) is 8.92. The van der Waals surface area contributed by atoms with Crippen molar-refractivity contribution in [1.29, 1.82) is 0 Å². The number of ether oxygens (including phenoxy) is 3. The molecule has 2 aromatic heterocycles. The Bertz CT molecular complexity index is 1250. The predicted molar refractivity (Wildman–Crippen MR) is 128 cm³/mol. The number of methoxy groups -OCH3 is 3. The molecule has 2 heterocycles. The van der Waals surface area contributed by atoms with Crippen LogP contribution in [0.25, 0.3) is 17.2 Å². The highest BCUT2D eigenvalue weighted by atomic mass is 16.5. The average molecular weight is 463 g/mol. The van der Waals surface area contributed by atoms with E-state index >= 15 is 0 Å². The summed E-state index contributed by atoms with van der Waals surface area (Å²) >= 11 is 0. The standard InChI is InChI=1S/C26H26N2O6/c1-15-19(12-24(29)27-13-17-6-5-7-34-17)21-11-18(31-2)14-28-25(21)20(15)8-16-9-22(32-3)26(30)23(10-16)33-4/h5-11,14,30H,12-13H2,1-4H3,(H,27,29). The van der Waals surface area contributed by atoms with E-state index in [1.165, 1.54) is 14.2 Å². The maximum absolute atomic E-state index is 12.8. The van der Waals surface area contributed by atoms with Crippen LogP contribution in [0.5, 0.6) is 23.0 Å². The molecule has 0 bridgehead atoms. The molecule has 1 aliphatic rings. The van der Waals surface area contributed by atoms with Crippen LogP contribution in [0.1, 0.15) is 35.9 Å². The van der Waals surface area contributed by atoms with Crippen molar-refractivity contribution in [2.24, 2.45) is 0 Å². The number of aromatic nitrogens is 1. The first-order valence-electron chi connectivity index (χ1n) is 10.7. The van der Waals surface area contributed by atoms with Gasteiger partial charge in [0.15, 0.2) is 11.5 Å². The van der Waals surface area contributed by atoms with Gasteiger partial charge in [-0.2, -0.15) is 0 Å². The van der Waals surface area contributed by atoms with Gasteiger partial charge < -0.3 is 29.1 Å². The summed E-state index contributed by atoms with van der Waals surface area (Å²) in [7, 11) is 4.54. The molecule has 176 valence electrons. The molecule has 0 saturated carbocycles. The van der Waals surface area contributed by atoms with Crippen molar-refractivity contribution < 1.29 is 28.5 Å². The number of phenols is 1. The second-order valence-electron chi connectivity index (χ2n) is 7.74. The summed E-state index contributed by atoms with van der Waals surface area (Å²) in [4.78, 5) is 17.4. The van der Waals surface area contributed by atoms with Crippen LogP contribution < -0.4 is 19.5 Å². The summed E-state index contributed by atoms with van der Waals surface area (Å²) in [5, 5.41) is 13.1. The minimum absolute atomic E-state index is 0.0667. The van der Waals surface area contributed by atoms with Crippen molar-refractivity contribution in [2.45, 2.75) is 19.9 Å². The van der Waals surface area contributed by atoms with Crippen molar-refractivity contribution in [3.63, 3.8) is 0 Å². The molecular weight excluding hydrogens is 436 g/mol. The van der Waals surface area contributed by atoms with Crippen LogP contribution >= 0.6 is 0 Å². The van der Waals surface area contributed by atoms with Crippen LogP contribution in [0.3, 0.4) is 0 Å². The molecule has 0 spiro atoms. The number of benzene rings is 1. The molecule has 0 atom stereocenters. The second-order valence-corrected chi connectivity index (χ2v) is 7.74. The van der Waals surface area contributed by atoms with E-state index in [0.29, 0.717) is 29.6 Å². The fraction of sp³-hybridized carbons (Fsp3) is 0.231. The van der Waals surface area contributed by atoms with Crippen molar-refractivity contribution in [1.82, 2.24) is 10.3 Å². The predicted octanol–water partition coefficient (Wildman–Crippen LogP) is 4.44. The second kappa shape index (κ2) is 9.74. The lowest BCUT2D eigenvalue weighted by Crippen LogP contribution is -2.22. The Kier molecular flexibility index (Phi) is 6.58. The van der Waals surface area contributed by atoms with Crippen molar-refractivity contribution in [2.75, 3.05) is 21.3 Å². The van der Waals surface area contributed by atoms with E-state index in [9.17, 15) is 9.90 Å². The normalized spacial score (nSPS) is 13.7. The van der Waals surface area contributed by atoms with Crippen LogP contribution in [0, 0.1) is 0 Å². The maximum atomic E-state index is 12.8. The van der Waals surface area contributed by atoms with Crippen LogP contribution in [0.15, 0.2) is 52.8 Å². The number of carbonyl (C=O) groups excluding carboxylic acids is 1. The number of allylic oxidation sites excluding steroid dienone is 2. The van der Waals surface area contributed by atoms with Crippen LogP contribution in [0.2, 0.25) is 0 Å². The van der Waals surface area contributed by atoms with Crippen molar-refractivity contribution in [3.05, 3.63) is 70.9 Å². The molecule has 34 heavy (non-hydrogen) atoms. The van der Waals surface area contributed by atoms with E-state index in [1.54, 1.807) is 37.8 Å². The summed E-state index contributed by atoms with van der Waals surface area (Å²) < 4.78 is 21.2. The van der Waals surface area contributed by atoms with Crippen LogP contribution in [-0.2, 0) is 11.3 Å². The summed E-state index contributed by atoms with van der Waals surface area (Å²) in [6.45, 7) is 2.28. The number of carbonyl (C=O) groups is 1. The lowest BCUT2D eigenvalue weighted by molar-refractivity contribution is -0.120. The fourth-order valence-electron chi connectivity index (χ4n) is 3.93. The van der Waals surface area contributed by atoms with Gasteiger partial charge in [-0.25, -0.2) is 0 Å². The Morgan fingerprint density at radius 1 is 1.15 bits per heavy atom. The topological polar surface area (TPSA) is 103 Å². The lowest BCUT2D eigenvalue weighted by atomic mass is 10.0. The zero-order valence-electron chi connectivity index (χ0n) is 19.5. The molecule has 4 rings (SSSR count). The number of furan rings is 1.